The van der Waals surface area contributed by atoms with Crippen LogP contribution in [0.15, 0.2) is 6.07 Å². The molecule has 0 saturated heterocycles. The molecular weight excluding hydrogens is 371 g/mol. The summed E-state index contributed by atoms with van der Waals surface area (Å²) in [7, 11) is 1.36. The molecule has 0 aromatic carbocycles. The summed E-state index contributed by atoms with van der Waals surface area (Å²) in [5.74, 6) is 0.164. The second-order valence-corrected chi connectivity index (χ2v) is 4.11. The summed E-state index contributed by atoms with van der Waals surface area (Å²) in [4.78, 5) is 4.09. The molecule has 0 N–H and O–H groups in total. The van der Waals surface area contributed by atoms with E-state index in [-0.39, 0.29) is 11.3 Å². The summed E-state index contributed by atoms with van der Waals surface area (Å²) in [6.45, 7) is 0. The first-order valence-corrected chi connectivity index (χ1v) is 5.87. The van der Waals surface area contributed by atoms with Gasteiger partial charge in [-0.05, 0) is 28.7 Å². The lowest BCUT2D eigenvalue weighted by molar-refractivity contribution is 0.146. The van der Waals surface area contributed by atoms with Crippen molar-refractivity contribution in [3.8, 4) is 5.75 Å². The lowest BCUT2D eigenvalue weighted by Crippen LogP contribution is -2.01. The van der Waals surface area contributed by atoms with E-state index in [1.165, 1.54) is 13.2 Å². The van der Waals surface area contributed by atoms with Crippen molar-refractivity contribution < 1.29 is 13.5 Å². The first-order valence-electron chi connectivity index (χ1n) is 3.67. The number of hydrogen-bond donors (Lipinski definition) is 0. The van der Waals surface area contributed by atoms with Gasteiger partial charge in [0, 0.05) is 5.33 Å². The Morgan fingerprint density at radius 2 is 2.29 bits per heavy atom. The fourth-order valence-corrected chi connectivity index (χ4v) is 2.07. The fraction of sp³-hybridized carbons (Fsp3) is 0.375. The van der Waals surface area contributed by atoms with E-state index in [1.807, 2.05) is 22.6 Å². The Kier molecular flexibility index (Phi) is 4.49. The van der Waals surface area contributed by atoms with Crippen molar-refractivity contribution in [1.29, 1.82) is 0 Å². The van der Waals surface area contributed by atoms with Gasteiger partial charge < -0.3 is 4.74 Å². The van der Waals surface area contributed by atoms with Crippen molar-refractivity contribution in [1.82, 2.24) is 4.98 Å². The molecule has 1 heterocycles. The molecule has 2 nitrogen and oxygen atoms in total. The number of pyridine rings is 1. The molecule has 0 aliphatic heterocycles. The van der Waals surface area contributed by atoms with Crippen LogP contribution >= 0.6 is 38.5 Å². The fourth-order valence-electron chi connectivity index (χ4n) is 1.06. The third-order valence-electron chi connectivity index (χ3n) is 1.61. The minimum atomic E-state index is -2.54. The Labute approximate surface area is 102 Å². The maximum atomic E-state index is 12.6. The lowest BCUT2D eigenvalue weighted by Gasteiger charge is -2.11. The molecule has 0 aliphatic carbocycles. The van der Waals surface area contributed by atoms with Gasteiger partial charge in [0.25, 0.3) is 6.43 Å². The largest absolute Gasteiger partial charge is 0.494 e. The normalized spacial score (nSPS) is 10.7. The van der Waals surface area contributed by atoms with Crippen LogP contribution in [0.1, 0.15) is 17.7 Å². The highest BCUT2D eigenvalue weighted by molar-refractivity contribution is 14.1. The Hall–Kier alpha value is 0.0200. The summed E-state index contributed by atoms with van der Waals surface area (Å²) in [5, 5.41) is 0.396. The zero-order valence-electron chi connectivity index (χ0n) is 7.23. The van der Waals surface area contributed by atoms with Crippen LogP contribution < -0.4 is 4.74 Å². The average Bonchev–Trinajstić information content (AvgIpc) is 2.16. The van der Waals surface area contributed by atoms with Gasteiger partial charge in [0.2, 0.25) is 0 Å². The Morgan fingerprint density at radius 1 is 1.64 bits per heavy atom. The summed E-state index contributed by atoms with van der Waals surface area (Å²) in [5.41, 5.74) is 0.385. The summed E-state index contributed by atoms with van der Waals surface area (Å²) < 4.78 is 30.6. The number of rotatable bonds is 3. The Morgan fingerprint density at radius 3 is 2.71 bits per heavy atom. The van der Waals surface area contributed by atoms with E-state index >= 15 is 0 Å². The van der Waals surface area contributed by atoms with Crippen LogP contribution in [0.2, 0.25) is 0 Å². The van der Waals surface area contributed by atoms with Gasteiger partial charge in [-0.3, -0.25) is 0 Å². The second kappa shape index (κ2) is 5.20. The van der Waals surface area contributed by atoms with Gasteiger partial charge in [-0.15, -0.1) is 0 Å². The van der Waals surface area contributed by atoms with Crippen molar-refractivity contribution in [2.45, 2.75) is 11.8 Å². The third-order valence-corrected chi connectivity index (χ3v) is 2.69. The van der Waals surface area contributed by atoms with Gasteiger partial charge in [0.15, 0.2) is 0 Å². The zero-order chi connectivity index (χ0) is 10.7. The number of aromatic nitrogens is 1. The first-order chi connectivity index (χ1) is 6.60. The Bertz CT molecular complexity index is 335. The SMILES string of the molecule is COc1c(C(F)F)cc(I)nc1CBr. The molecule has 0 fully saturated rings. The van der Waals surface area contributed by atoms with Crippen molar-refractivity contribution >= 4 is 38.5 Å². The summed E-state index contributed by atoms with van der Waals surface area (Å²) in [6.07, 6.45) is -2.54. The molecule has 1 aromatic rings. The van der Waals surface area contributed by atoms with Crippen LogP contribution in [-0.4, -0.2) is 12.1 Å². The number of alkyl halides is 3. The van der Waals surface area contributed by atoms with Gasteiger partial charge in [-0.1, -0.05) is 15.9 Å². The number of hydrogen-bond acceptors (Lipinski definition) is 2. The first kappa shape index (κ1) is 12.1. The highest BCUT2D eigenvalue weighted by atomic mass is 127. The van der Waals surface area contributed by atoms with Gasteiger partial charge in [0.05, 0.1) is 18.4 Å². The predicted molar refractivity (Wildman–Crippen MR) is 61.1 cm³/mol. The van der Waals surface area contributed by atoms with E-state index in [4.69, 9.17) is 4.74 Å². The van der Waals surface area contributed by atoms with Crippen LogP contribution in [0.3, 0.4) is 0 Å². The van der Waals surface area contributed by atoms with Crippen LogP contribution in [-0.2, 0) is 5.33 Å². The van der Waals surface area contributed by atoms with Crippen molar-refractivity contribution in [2.75, 3.05) is 7.11 Å². The predicted octanol–water partition coefficient (Wildman–Crippen LogP) is 3.53. The van der Waals surface area contributed by atoms with E-state index in [9.17, 15) is 8.78 Å². The van der Waals surface area contributed by atoms with E-state index < -0.39 is 6.43 Å². The molecule has 78 valence electrons. The van der Waals surface area contributed by atoms with Gasteiger partial charge in [-0.25, -0.2) is 13.8 Å². The van der Waals surface area contributed by atoms with Gasteiger partial charge >= 0.3 is 0 Å². The molecule has 6 heteroatoms. The molecule has 0 atom stereocenters. The summed E-state index contributed by atoms with van der Waals surface area (Å²) in [6, 6.07) is 1.33. The average molecular weight is 378 g/mol. The van der Waals surface area contributed by atoms with Crippen LogP contribution in [0, 0.1) is 3.70 Å². The highest BCUT2D eigenvalue weighted by Gasteiger charge is 2.18. The molecule has 0 saturated carbocycles. The smallest absolute Gasteiger partial charge is 0.267 e. The van der Waals surface area contributed by atoms with Crippen LogP contribution in [0.25, 0.3) is 0 Å². The lowest BCUT2D eigenvalue weighted by atomic mass is 10.2. The molecule has 0 radical (unpaired) electrons. The topological polar surface area (TPSA) is 22.1 Å². The number of ether oxygens (including phenoxy) is 1. The van der Waals surface area contributed by atoms with Crippen molar-refractivity contribution in [3.63, 3.8) is 0 Å². The summed E-state index contributed by atoms with van der Waals surface area (Å²) >= 11 is 5.08. The van der Waals surface area contributed by atoms with Crippen molar-refractivity contribution in [3.05, 3.63) is 21.0 Å². The van der Waals surface area contributed by atoms with Gasteiger partial charge in [0.1, 0.15) is 9.45 Å². The highest BCUT2D eigenvalue weighted by Crippen LogP contribution is 2.33. The standard InChI is InChI=1S/C8H7BrF2INO/c1-14-7-4(8(10)11)2-6(12)13-5(7)3-9/h2,8H,3H2,1H3. The van der Waals surface area contributed by atoms with E-state index in [0.29, 0.717) is 14.7 Å². The Balaban J connectivity index is 3.31. The van der Waals surface area contributed by atoms with E-state index in [1.54, 1.807) is 0 Å². The monoisotopic (exact) mass is 377 g/mol. The van der Waals surface area contributed by atoms with Crippen LogP contribution in [0.4, 0.5) is 8.78 Å². The zero-order valence-corrected chi connectivity index (χ0v) is 11.0. The third kappa shape index (κ3) is 2.53. The number of nitrogens with zero attached hydrogens (tertiary/aromatic N) is 1. The number of methoxy groups -OCH3 is 1. The van der Waals surface area contributed by atoms with E-state index in [2.05, 4.69) is 20.9 Å². The number of halogens is 4. The molecule has 0 unspecified atom stereocenters. The molecule has 0 spiro atoms. The molecule has 1 rings (SSSR count). The molecule has 0 amide bonds. The molecule has 14 heavy (non-hydrogen) atoms. The molecule has 0 bridgehead atoms. The molecular formula is C8H7BrF2INO. The van der Waals surface area contributed by atoms with E-state index in [0.717, 1.165) is 0 Å². The second-order valence-electron chi connectivity index (χ2n) is 2.45. The maximum absolute atomic E-state index is 12.6. The minimum Gasteiger partial charge on any atom is -0.494 e. The molecule has 1 aromatic heterocycles. The molecule has 0 aliphatic rings. The van der Waals surface area contributed by atoms with Gasteiger partial charge in [-0.2, -0.15) is 0 Å². The van der Waals surface area contributed by atoms with Crippen LogP contribution in [0.5, 0.6) is 5.75 Å². The quantitative estimate of drug-likeness (QED) is 0.456. The maximum Gasteiger partial charge on any atom is 0.267 e. The van der Waals surface area contributed by atoms with Crippen molar-refractivity contribution in [2.24, 2.45) is 0 Å². The minimum absolute atomic E-state index is 0.110.